The van der Waals surface area contributed by atoms with Gasteiger partial charge in [-0.15, -0.1) is 0 Å². The van der Waals surface area contributed by atoms with Crippen molar-refractivity contribution in [3.05, 3.63) is 52.1 Å². The maximum Gasteiger partial charge on any atom is 0.139 e. The molecule has 3 nitrogen and oxygen atoms in total. The minimum atomic E-state index is 0.0260. The molecule has 0 aliphatic rings. The lowest BCUT2D eigenvalue weighted by molar-refractivity contribution is 0.459. The second kappa shape index (κ2) is 4.80. The number of nitrogens with zero attached hydrogens (tertiary/aromatic N) is 1. The number of pyridine rings is 1. The second-order valence-electron chi connectivity index (χ2n) is 3.53. The van der Waals surface area contributed by atoms with E-state index in [1.807, 2.05) is 26.1 Å². The normalized spacial score (nSPS) is 12.7. The maximum absolute atomic E-state index is 5.49. The molecular formula is C12H13BrN2O. The molecule has 2 aromatic heterocycles. The molecule has 16 heavy (non-hydrogen) atoms. The molecule has 2 heterocycles. The second-order valence-corrected chi connectivity index (χ2v) is 4.39. The molecule has 0 fully saturated rings. The Kier molecular flexibility index (Phi) is 3.41. The molecule has 0 aliphatic carbocycles. The van der Waals surface area contributed by atoms with Gasteiger partial charge in [0.2, 0.25) is 0 Å². The standard InChI is InChI=1S/C12H13BrN2O/c1-8-9(4-3-6-15-8)11(14-2)12-10(13)5-7-16-12/h3-7,11,14H,1-2H3. The van der Waals surface area contributed by atoms with Crippen LogP contribution in [0.1, 0.15) is 23.1 Å². The minimum Gasteiger partial charge on any atom is -0.466 e. The Morgan fingerprint density at radius 3 is 2.81 bits per heavy atom. The molecule has 0 amide bonds. The molecule has 2 aromatic rings. The van der Waals surface area contributed by atoms with Gasteiger partial charge in [-0.3, -0.25) is 4.98 Å². The molecule has 2 rings (SSSR count). The summed E-state index contributed by atoms with van der Waals surface area (Å²) in [6.07, 6.45) is 3.47. The monoisotopic (exact) mass is 280 g/mol. The number of hydrogen-bond donors (Lipinski definition) is 1. The largest absolute Gasteiger partial charge is 0.466 e. The number of aryl methyl sites for hydroxylation is 1. The Labute approximate surface area is 103 Å². The highest BCUT2D eigenvalue weighted by Crippen LogP contribution is 2.30. The van der Waals surface area contributed by atoms with Gasteiger partial charge < -0.3 is 9.73 Å². The summed E-state index contributed by atoms with van der Waals surface area (Å²) in [7, 11) is 1.91. The van der Waals surface area contributed by atoms with Crippen molar-refractivity contribution in [3.63, 3.8) is 0 Å². The van der Waals surface area contributed by atoms with E-state index in [1.54, 1.807) is 12.5 Å². The molecule has 4 heteroatoms. The van der Waals surface area contributed by atoms with Crippen LogP contribution < -0.4 is 5.32 Å². The van der Waals surface area contributed by atoms with Crippen molar-refractivity contribution < 1.29 is 4.42 Å². The summed E-state index contributed by atoms with van der Waals surface area (Å²) < 4.78 is 6.46. The molecule has 0 saturated carbocycles. The zero-order valence-electron chi connectivity index (χ0n) is 9.20. The number of halogens is 1. The van der Waals surface area contributed by atoms with E-state index in [9.17, 15) is 0 Å². The van der Waals surface area contributed by atoms with Crippen LogP contribution in [0, 0.1) is 6.92 Å². The van der Waals surface area contributed by atoms with Gasteiger partial charge in [-0.05, 0) is 47.6 Å². The van der Waals surface area contributed by atoms with Gasteiger partial charge in [0.05, 0.1) is 16.8 Å². The van der Waals surface area contributed by atoms with Crippen LogP contribution in [-0.2, 0) is 0 Å². The first kappa shape index (κ1) is 11.4. The van der Waals surface area contributed by atoms with Crippen molar-refractivity contribution in [1.29, 1.82) is 0 Å². The SMILES string of the molecule is CNC(c1cccnc1C)c1occc1Br. The highest BCUT2D eigenvalue weighted by Gasteiger charge is 2.19. The van der Waals surface area contributed by atoms with Gasteiger partial charge in [-0.2, -0.15) is 0 Å². The first-order valence-electron chi connectivity index (χ1n) is 5.05. The van der Waals surface area contributed by atoms with Crippen molar-refractivity contribution in [2.45, 2.75) is 13.0 Å². The van der Waals surface area contributed by atoms with Gasteiger partial charge in [0.15, 0.2) is 0 Å². The predicted molar refractivity (Wildman–Crippen MR) is 66.3 cm³/mol. The quantitative estimate of drug-likeness (QED) is 0.939. The lowest BCUT2D eigenvalue weighted by Crippen LogP contribution is -2.18. The molecule has 0 aromatic carbocycles. The van der Waals surface area contributed by atoms with Crippen LogP contribution in [0.2, 0.25) is 0 Å². The van der Waals surface area contributed by atoms with E-state index in [4.69, 9.17) is 4.42 Å². The Balaban J connectivity index is 2.45. The molecule has 0 aliphatic heterocycles. The van der Waals surface area contributed by atoms with Crippen molar-refractivity contribution in [1.82, 2.24) is 10.3 Å². The molecule has 0 spiro atoms. The fourth-order valence-electron chi connectivity index (χ4n) is 1.74. The topological polar surface area (TPSA) is 38.1 Å². The van der Waals surface area contributed by atoms with Crippen molar-refractivity contribution in [2.24, 2.45) is 0 Å². The molecule has 0 saturated heterocycles. The number of rotatable bonds is 3. The molecule has 0 radical (unpaired) electrons. The third kappa shape index (κ3) is 2.03. The molecule has 1 unspecified atom stereocenters. The van der Waals surface area contributed by atoms with E-state index in [2.05, 4.69) is 32.3 Å². The lowest BCUT2D eigenvalue weighted by Gasteiger charge is -2.16. The molecule has 0 bridgehead atoms. The minimum absolute atomic E-state index is 0.0260. The summed E-state index contributed by atoms with van der Waals surface area (Å²) in [4.78, 5) is 4.29. The average Bonchev–Trinajstić information content (AvgIpc) is 2.69. The Morgan fingerprint density at radius 2 is 2.25 bits per heavy atom. The molecule has 84 valence electrons. The first-order chi connectivity index (χ1) is 7.74. The third-order valence-corrected chi connectivity index (χ3v) is 3.21. The highest BCUT2D eigenvalue weighted by molar-refractivity contribution is 9.10. The van der Waals surface area contributed by atoms with Crippen LogP contribution in [0.4, 0.5) is 0 Å². The Hall–Kier alpha value is -1.13. The highest BCUT2D eigenvalue weighted by atomic mass is 79.9. The van der Waals surface area contributed by atoms with Crippen LogP contribution >= 0.6 is 15.9 Å². The van der Waals surface area contributed by atoms with E-state index in [1.165, 1.54) is 0 Å². The van der Waals surface area contributed by atoms with E-state index in [0.29, 0.717) is 0 Å². The van der Waals surface area contributed by atoms with Gasteiger partial charge in [-0.1, -0.05) is 6.07 Å². The third-order valence-electron chi connectivity index (χ3n) is 2.55. The van der Waals surface area contributed by atoms with Gasteiger partial charge in [0.1, 0.15) is 5.76 Å². The van der Waals surface area contributed by atoms with E-state index in [-0.39, 0.29) is 6.04 Å². The predicted octanol–water partition coefficient (Wildman–Crippen LogP) is 3.05. The van der Waals surface area contributed by atoms with E-state index in [0.717, 1.165) is 21.5 Å². The summed E-state index contributed by atoms with van der Waals surface area (Å²) in [5.41, 5.74) is 2.13. The van der Waals surface area contributed by atoms with Crippen LogP contribution in [0.15, 0.2) is 39.5 Å². The zero-order chi connectivity index (χ0) is 11.5. The maximum atomic E-state index is 5.49. The van der Waals surface area contributed by atoms with Crippen molar-refractivity contribution in [3.8, 4) is 0 Å². The smallest absolute Gasteiger partial charge is 0.139 e. The summed E-state index contributed by atoms with van der Waals surface area (Å²) in [6.45, 7) is 2.00. The van der Waals surface area contributed by atoms with Crippen molar-refractivity contribution in [2.75, 3.05) is 7.05 Å². The molecule has 1 atom stereocenters. The van der Waals surface area contributed by atoms with E-state index >= 15 is 0 Å². The summed E-state index contributed by atoms with van der Waals surface area (Å²) in [5.74, 6) is 0.874. The number of nitrogens with one attached hydrogen (secondary N) is 1. The number of hydrogen-bond acceptors (Lipinski definition) is 3. The Morgan fingerprint density at radius 1 is 1.44 bits per heavy atom. The van der Waals surface area contributed by atoms with Crippen LogP contribution in [0.5, 0.6) is 0 Å². The van der Waals surface area contributed by atoms with Gasteiger partial charge in [0, 0.05) is 11.9 Å². The number of aromatic nitrogens is 1. The number of furan rings is 1. The van der Waals surface area contributed by atoms with Gasteiger partial charge in [-0.25, -0.2) is 0 Å². The lowest BCUT2D eigenvalue weighted by atomic mass is 10.0. The van der Waals surface area contributed by atoms with Crippen LogP contribution in [-0.4, -0.2) is 12.0 Å². The average molecular weight is 281 g/mol. The summed E-state index contributed by atoms with van der Waals surface area (Å²) >= 11 is 3.48. The molecule has 1 N–H and O–H groups in total. The first-order valence-corrected chi connectivity index (χ1v) is 5.85. The Bertz CT molecular complexity index is 481. The van der Waals surface area contributed by atoms with Crippen LogP contribution in [0.3, 0.4) is 0 Å². The summed E-state index contributed by atoms with van der Waals surface area (Å²) in [5, 5.41) is 3.24. The zero-order valence-corrected chi connectivity index (χ0v) is 10.8. The van der Waals surface area contributed by atoms with Gasteiger partial charge in [0.25, 0.3) is 0 Å². The van der Waals surface area contributed by atoms with Gasteiger partial charge >= 0.3 is 0 Å². The molecular weight excluding hydrogens is 268 g/mol. The fraction of sp³-hybridized carbons (Fsp3) is 0.250. The van der Waals surface area contributed by atoms with Crippen LogP contribution in [0.25, 0.3) is 0 Å². The fourth-order valence-corrected chi connectivity index (χ4v) is 2.17. The van der Waals surface area contributed by atoms with Crippen molar-refractivity contribution >= 4 is 15.9 Å². The van der Waals surface area contributed by atoms with E-state index < -0.39 is 0 Å². The summed E-state index contributed by atoms with van der Waals surface area (Å²) in [6, 6.07) is 5.91.